The lowest BCUT2D eigenvalue weighted by atomic mass is 10.2. The van der Waals surface area contributed by atoms with Crippen molar-refractivity contribution in [2.75, 3.05) is 25.0 Å². The summed E-state index contributed by atoms with van der Waals surface area (Å²) >= 11 is 0. The van der Waals surface area contributed by atoms with Crippen LogP contribution in [-0.4, -0.2) is 45.8 Å². The molecule has 0 fully saturated rings. The van der Waals surface area contributed by atoms with Crippen LogP contribution < -0.4 is 15.4 Å². The van der Waals surface area contributed by atoms with Gasteiger partial charge in [-0.3, -0.25) is 4.79 Å². The van der Waals surface area contributed by atoms with Crippen molar-refractivity contribution in [3.8, 4) is 11.4 Å². The van der Waals surface area contributed by atoms with Gasteiger partial charge in [-0.25, -0.2) is 4.68 Å². The largest absolute Gasteiger partial charge is 0.492 e. The smallest absolute Gasteiger partial charge is 0.239 e. The number of nitrogens with zero attached hydrogens (tertiary/aromatic N) is 4. The summed E-state index contributed by atoms with van der Waals surface area (Å²) in [6, 6.07) is 13.6. The molecule has 3 rings (SSSR count). The monoisotopic (exact) mass is 366 g/mol. The van der Waals surface area contributed by atoms with Crippen LogP contribution >= 0.6 is 0 Å². The highest BCUT2D eigenvalue weighted by molar-refractivity contribution is 5.80. The zero-order valence-electron chi connectivity index (χ0n) is 15.3. The normalized spacial score (nSPS) is 10.4. The number of carbonyl (C=O) groups is 1. The predicted octanol–water partition coefficient (Wildman–Crippen LogP) is 1.89. The van der Waals surface area contributed by atoms with E-state index in [1.807, 2.05) is 56.3 Å². The summed E-state index contributed by atoms with van der Waals surface area (Å²) in [5, 5.41) is 17.1. The van der Waals surface area contributed by atoms with Gasteiger partial charge in [0.05, 0.1) is 18.8 Å². The van der Waals surface area contributed by atoms with Gasteiger partial charge in [0.1, 0.15) is 18.7 Å². The zero-order valence-corrected chi connectivity index (χ0v) is 15.3. The maximum atomic E-state index is 12.0. The van der Waals surface area contributed by atoms with Gasteiger partial charge >= 0.3 is 0 Å². The Morgan fingerprint density at radius 3 is 2.81 bits per heavy atom. The minimum atomic E-state index is -0.0925. The summed E-state index contributed by atoms with van der Waals surface area (Å²) in [5.74, 6) is 0.713. The quantitative estimate of drug-likeness (QED) is 0.591. The molecule has 140 valence electrons. The summed E-state index contributed by atoms with van der Waals surface area (Å²) in [5.41, 5.74) is 3.89. The Morgan fingerprint density at radius 2 is 2.07 bits per heavy atom. The first-order valence-electron chi connectivity index (χ1n) is 8.66. The van der Waals surface area contributed by atoms with E-state index in [2.05, 4.69) is 26.2 Å². The van der Waals surface area contributed by atoms with Crippen LogP contribution in [0.15, 0.2) is 48.8 Å². The predicted molar refractivity (Wildman–Crippen MR) is 102 cm³/mol. The second-order valence-electron chi connectivity index (χ2n) is 6.12. The first-order valence-corrected chi connectivity index (χ1v) is 8.66. The minimum absolute atomic E-state index is 0.0925. The summed E-state index contributed by atoms with van der Waals surface area (Å²) in [6.45, 7) is 5.04. The van der Waals surface area contributed by atoms with Gasteiger partial charge in [-0.2, -0.15) is 0 Å². The fourth-order valence-corrected chi connectivity index (χ4v) is 2.60. The lowest BCUT2D eigenvalue weighted by Crippen LogP contribution is -2.33. The fraction of sp³-hybridized carbons (Fsp3) is 0.263. The molecular formula is C19H22N6O2. The molecule has 0 aliphatic carbocycles. The molecule has 0 bridgehead atoms. The van der Waals surface area contributed by atoms with Crippen molar-refractivity contribution in [2.45, 2.75) is 13.8 Å². The summed E-state index contributed by atoms with van der Waals surface area (Å²) in [6.07, 6.45) is 1.54. The Morgan fingerprint density at radius 1 is 1.19 bits per heavy atom. The Labute approximate surface area is 157 Å². The number of tetrazole rings is 1. The summed E-state index contributed by atoms with van der Waals surface area (Å²) < 4.78 is 7.21. The van der Waals surface area contributed by atoms with Gasteiger partial charge in [-0.15, -0.1) is 5.10 Å². The van der Waals surface area contributed by atoms with Gasteiger partial charge in [0.15, 0.2) is 0 Å². The number of carbonyl (C=O) groups excluding carboxylic acids is 1. The Hall–Kier alpha value is -3.42. The highest BCUT2D eigenvalue weighted by Gasteiger charge is 2.05. The number of benzene rings is 2. The van der Waals surface area contributed by atoms with E-state index < -0.39 is 0 Å². The van der Waals surface area contributed by atoms with Crippen LogP contribution in [0.3, 0.4) is 0 Å². The molecule has 1 amide bonds. The number of amides is 1. The van der Waals surface area contributed by atoms with Crippen LogP contribution in [0.5, 0.6) is 5.75 Å². The number of aryl methyl sites for hydroxylation is 2. The topological polar surface area (TPSA) is 94.0 Å². The third-order valence-electron chi connectivity index (χ3n) is 3.93. The summed E-state index contributed by atoms with van der Waals surface area (Å²) in [7, 11) is 0. The molecule has 0 atom stereocenters. The van der Waals surface area contributed by atoms with Crippen molar-refractivity contribution < 1.29 is 9.53 Å². The first kappa shape index (κ1) is 18.4. The van der Waals surface area contributed by atoms with E-state index in [-0.39, 0.29) is 12.5 Å². The Bertz CT molecular complexity index is 895. The molecule has 0 spiro atoms. The highest BCUT2D eigenvalue weighted by Crippen LogP contribution is 2.17. The Balaban J connectivity index is 1.40. The Kier molecular flexibility index (Phi) is 5.98. The van der Waals surface area contributed by atoms with Gasteiger partial charge in [0.25, 0.3) is 0 Å². The van der Waals surface area contributed by atoms with E-state index in [0.717, 1.165) is 28.3 Å². The molecule has 0 unspecified atom stereocenters. The van der Waals surface area contributed by atoms with E-state index in [1.165, 1.54) is 0 Å². The van der Waals surface area contributed by atoms with Crippen molar-refractivity contribution in [1.82, 2.24) is 25.5 Å². The number of nitrogens with one attached hydrogen (secondary N) is 2. The number of rotatable bonds is 8. The van der Waals surface area contributed by atoms with Crippen molar-refractivity contribution in [1.29, 1.82) is 0 Å². The molecule has 0 saturated carbocycles. The van der Waals surface area contributed by atoms with Crippen LogP contribution in [0, 0.1) is 13.8 Å². The molecule has 2 aromatic carbocycles. The molecule has 8 heteroatoms. The van der Waals surface area contributed by atoms with E-state index >= 15 is 0 Å². The van der Waals surface area contributed by atoms with E-state index in [1.54, 1.807) is 11.0 Å². The van der Waals surface area contributed by atoms with Gasteiger partial charge < -0.3 is 15.4 Å². The number of hydrogen-bond acceptors (Lipinski definition) is 6. The highest BCUT2D eigenvalue weighted by atomic mass is 16.5. The van der Waals surface area contributed by atoms with Crippen molar-refractivity contribution in [3.05, 3.63) is 59.9 Å². The number of aromatic nitrogens is 4. The fourth-order valence-electron chi connectivity index (χ4n) is 2.60. The molecule has 3 aromatic rings. The van der Waals surface area contributed by atoms with Gasteiger partial charge in [0, 0.05) is 5.69 Å². The number of ether oxygens (including phenoxy) is 1. The van der Waals surface area contributed by atoms with E-state index in [0.29, 0.717) is 13.2 Å². The van der Waals surface area contributed by atoms with Crippen LogP contribution in [0.25, 0.3) is 5.69 Å². The number of hydrogen-bond donors (Lipinski definition) is 2. The third-order valence-corrected chi connectivity index (χ3v) is 3.93. The van der Waals surface area contributed by atoms with E-state index in [9.17, 15) is 4.79 Å². The lowest BCUT2D eigenvalue weighted by molar-refractivity contribution is -0.119. The molecule has 0 saturated heterocycles. The standard InChI is InChI=1S/C19H22N6O2/c1-14-4-3-5-17(10-14)27-9-8-20-19(26)12-21-16-6-7-18(15(2)11-16)25-13-22-23-24-25/h3-7,10-11,13,21H,8-9,12H2,1-2H3,(H,20,26). The van der Waals surface area contributed by atoms with Crippen molar-refractivity contribution >= 4 is 11.6 Å². The van der Waals surface area contributed by atoms with Crippen LogP contribution in [0.2, 0.25) is 0 Å². The SMILES string of the molecule is Cc1cccc(OCCNC(=O)CNc2ccc(-n3cnnn3)c(C)c2)c1. The van der Waals surface area contributed by atoms with Crippen LogP contribution in [0.4, 0.5) is 5.69 Å². The molecule has 2 N–H and O–H groups in total. The van der Waals surface area contributed by atoms with Gasteiger partial charge in [-0.05, 0) is 65.7 Å². The van der Waals surface area contributed by atoms with Crippen molar-refractivity contribution in [3.63, 3.8) is 0 Å². The molecule has 0 aliphatic rings. The number of anilines is 1. The van der Waals surface area contributed by atoms with Crippen molar-refractivity contribution in [2.24, 2.45) is 0 Å². The maximum absolute atomic E-state index is 12.0. The minimum Gasteiger partial charge on any atom is -0.492 e. The first-order chi connectivity index (χ1) is 13.1. The molecule has 0 radical (unpaired) electrons. The molecule has 0 aliphatic heterocycles. The average molecular weight is 366 g/mol. The second kappa shape index (κ2) is 8.79. The lowest BCUT2D eigenvalue weighted by Gasteiger charge is -2.11. The molecule has 1 heterocycles. The molecule has 27 heavy (non-hydrogen) atoms. The molecular weight excluding hydrogens is 344 g/mol. The van der Waals surface area contributed by atoms with Crippen LogP contribution in [-0.2, 0) is 4.79 Å². The molecule has 8 nitrogen and oxygen atoms in total. The van der Waals surface area contributed by atoms with E-state index in [4.69, 9.17) is 4.74 Å². The zero-order chi connectivity index (χ0) is 19.1. The van der Waals surface area contributed by atoms with Crippen LogP contribution in [0.1, 0.15) is 11.1 Å². The third kappa shape index (κ3) is 5.27. The second-order valence-corrected chi connectivity index (χ2v) is 6.12. The maximum Gasteiger partial charge on any atom is 0.239 e. The molecule has 1 aromatic heterocycles. The summed E-state index contributed by atoms with van der Waals surface area (Å²) in [4.78, 5) is 12.0. The van der Waals surface area contributed by atoms with Gasteiger partial charge in [-0.1, -0.05) is 12.1 Å². The average Bonchev–Trinajstić information content (AvgIpc) is 3.18. The van der Waals surface area contributed by atoms with Gasteiger partial charge in [0.2, 0.25) is 5.91 Å².